The number of hydrogen-bond acceptors (Lipinski definition) is 2. The van der Waals surface area contributed by atoms with Crippen LogP contribution in [0.25, 0.3) is 0 Å². The number of hydrogen-bond donors (Lipinski definition) is 1. The second-order valence-corrected chi connectivity index (χ2v) is 5.06. The van der Waals surface area contributed by atoms with Crippen LogP contribution in [0.3, 0.4) is 0 Å². The van der Waals surface area contributed by atoms with Gasteiger partial charge in [-0.15, -0.1) is 0 Å². The first kappa shape index (κ1) is 8.92. The lowest BCUT2D eigenvalue weighted by Gasteiger charge is -2.11. The van der Waals surface area contributed by atoms with Gasteiger partial charge in [0.1, 0.15) is 4.60 Å². The van der Waals surface area contributed by atoms with Gasteiger partial charge in [0.05, 0.1) is 0 Å². The van der Waals surface area contributed by atoms with Crippen molar-refractivity contribution in [3.8, 4) is 0 Å². The molecule has 0 radical (unpaired) electrons. The van der Waals surface area contributed by atoms with Gasteiger partial charge >= 0.3 is 0 Å². The van der Waals surface area contributed by atoms with Crippen LogP contribution >= 0.6 is 15.9 Å². The number of nitrogens with one attached hydrogen (secondary N) is 1. The first-order chi connectivity index (χ1) is 6.75. The molecule has 14 heavy (non-hydrogen) atoms. The molecule has 2 aliphatic rings. The van der Waals surface area contributed by atoms with Crippen LogP contribution in [-0.4, -0.2) is 15.8 Å². The zero-order chi connectivity index (χ0) is 9.71. The Balaban J connectivity index is 1.91. The minimum atomic E-state index is 0.542. The molecule has 0 aromatic carbocycles. The molecule has 4 heteroatoms. The molecule has 1 atom stereocenters. The van der Waals surface area contributed by atoms with Gasteiger partial charge in [0.2, 0.25) is 0 Å². The molecule has 3 rings (SSSR count). The third kappa shape index (κ3) is 1.32. The van der Waals surface area contributed by atoms with Crippen molar-refractivity contribution < 1.29 is 0 Å². The summed E-state index contributed by atoms with van der Waals surface area (Å²) in [6, 6.07) is 1.32. The van der Waals surface area contributed by atoms with E-state index in [9.17, 15) is 0 Å². The highest BCUT2D eigenvalue weighted by molar-refractivity contribution is 9.10. The van der Waals surface area contributed by atoms with Gasteiger partial charge in [-0.05, 0) is 41.6 Å². The van der Waals surface area contributed by atoms with E-state index < -0.39 is 0 Å². The molecule has 0 saturated heterocycles. The van der Waals surface area contributed by atoms with Gasteiger partial charge in [-0.3, -0.25) is 4.68 Å². The van der Waals surface area contributed by atoms with Crippen molar-refractivity contribution in [1.29, 1.82) is 0 Å². The summed E-state index contributed by atoms with van der Waals surface area (Å²) in [5, 5.41) is 8.08. The average Bonchev–Trinajstić information content (AvgIpc) is 2.75. The van der Waals surface area contributed by atoms with E-state index in [1.165, 1.54) is 30.5 Å². The molecular formula is C10H14BrN3. The standard InChI is InChI=1S/C10H14BrN3/c1-14-8-5-4-7(12-6-2-3-6)9(8)10(11)13-14/h6-7,12H,2-5H2,1H3. The fraction of sp³-hybridized carbons (Fsp3) is 0.700. The van der Waals surface area contributed by atoms with Crippen LogP contribution in [0.1, 0.15) is 36.6 Å². The van der Waals surface area contributed by atoms with Crippen LogP contribution in [0.5, 0.6) is 0 Å². The van der Waals surface area contributed by atoms with E-state index in [4.69, 9.17) is 0 Å². The molecule has 76 valence electrons. The van der Waals surface area contributed by atoms with Crippen molar-refractivity contribution in [2.45, 2.75) is 37.8 Å². The van der Waals surface area contributed by atoms with Crippen molar-refractivity contribution in [3.05, 3.63) is 15.9 Å². The fourth-order valence-corrected chi connectivity index (χ4v) is 3.05. The molecule has 1 heterocycles. The zero-order valence-electron chi connectivity index (χ0n) is 8.26. The lowest BCUT2D eigenvalue weighted by molar-refractivity contribution is 0.521. The predicted molar refractivity (Wildman–Crippen MR) is 58.1 cm³/mol. The zero-order valence-corrected chi connectivity index (χ0v) is 9.84. The SMILES string of the molecule is Cn1nc(Br)c2c1CCC2NC1CC1. The van der Waals surface area contributed by atoms with Crippen LogP contribution in [-0.2, 0) is 13.5 Å². The summed E-state index contributed by atoms with van der Waals surface area (Å²) in [7, 11) is 2.03. The van der Waals surface area contributed by atoms with Crippen LogP contribution in [0, 0.1) is 0 Å². The van der Waals surface area contributed by atoms with Crippen LogP contribution in [0.2, 0.25) is 0 Å². The Morgan fingerprint density at radius 1 is 1.43 bits per heavy atom. The highest BCUT2D eigenvalue weighted by Crippen LogP contribution is 2.38. The van der Waals surface area contributed by atoms with Gasteiger partial charge in [0.15, 0.2) is 0 Å². The fourth-order valence-electron chi connectivity index (χ4n) is 2.31. The van der Waals surface area contributed by atoms with Crippen molar-refractivity contribution in [2.75, 3.05) is 0 Å². The first-order valence-electron chi connectivity index (χ1n) is 5.23. The number of halogens is 1. The van der Waals surface area contributed by atoms with E-state index in [2.05, 4.69) is 26.3 Å². The molecule has 0 bridgehead atoms. The van der Waals surface area contributed by atoms with Crippen molar-refractivity contribution in [1.82, 2.24) is 15.1 Å². The highest BCUT2D eigenvalue weighted by atomic mass is 79.9. The van der Waals surface area contributed by atoms with Crippen molar-refractivity contribution in [3.63, 3.8) is 0 Å². The summed E-state index contributed by atoms with van der Waals surface area (Å²) in [6.07, 6.45) is 5.10. The molecule has 1 aromatic heterocycles. The summed E-state index contributed by atoms with van der Waals surface area (Å²) in [5.41, 5.74) is 2.80. The van der Waals surface area contributed by atoms with E-state index in [0.29, 0.717) is 6.04 Å². The third-order valence-corrected chi connectivity index (χ3v) is 3.78. The Bertz CT molecular complexity index is 368. The number of nitrogens with zero attached hydrogens (tertiary/aromatic N) is 2. The molecule has 2 aliphatic carbocycles. The van der Waals surface area contributed by atoms with E-state index in [1.54, 1.807) is 0 Å². The highest BCUT2D eigenvalue weighted by Gasteiger charge is 2.33. The summed E-state index contributed by atoms with van der Waals surface area (Å²) in [4.78, 5) is 0. The van der Waals surface area contributed by atoms with E-state index in [1.807, 2.05) is 11.7 Å². The Hall–Kier alpha value is -0.350. The maximum Gasteiger partial charge on any atom is 0.133 e. The van der Waals surface area contributed by atoms with Crippen molar-refractivity contribution >= 4 is 15.9 Å². The second-order valence-electron chi connectivity index (χ2n) is 4.31. The molecule has 1 saturated carbocycles. The molecule has 1 N–H and O–H groups in total. The number of rotatable bonds is 2. The number of fused-ring (bicyclic) bond motifs is 1. The molecule has 3 nitrogen and oxygen atoms in total. The molecule has 0 amide bonds. The summed E-state index contributed by atoms with van der Waals surface area (Å²) in [5.74, 6) is 0. The van der Waals surface area contributed by atoms with E-state index >= 15 is 0 Å². The smallest absolute Gasteiger partial charge is 0.133 e. The summed E-state index contributed by atoms with van der Waals surface area (Å²) >= 11 is 3.55. The summed E-state index contributed by atoms with van der Waals surface area (Å²) < 4.78 is 3.04. The topological polar surface area (TPSA) is 29.9 Å². The normalized spacial score (nSPS) is 25.4. The minimum absolute atomic E-state index is 0.542. The van der Waals surface area contributed by atoms with E-state index in [-0.39, 0.29) is 0 Å². The number of aromatic nitrogens is 2. The monoisotopic (exact) mass is 255 g/mol. The number of aryl methyl sites for hydroxylation is 1. The van der Waals surface area contributed by atoms with Gasteiger partial charge < -0.3 is 5.32 Å². The largest absolute Gasteiger partial charge is 0.307 e. The quantitative estimate of drug-likeness (QED) is 0.876. The maximum atomic E-state index is 4.40. The third-order valence-electron chi connectivity index (χ3n) is 3.19. The molecule has 1 unspecified atom stereocenters. The maximum absolute atomic E-state index is 4.40. The molecule has 1 fully saturated rings. The summed E-state index contributed by atoms with van der Waals surface area (Å²) in [6.45, 7) is 0. The van der Waals surface area contributed by atoms with Gasteiger partial charge in [-0.1, -0.05) is 0 Å². The lowest BCUT2D eigenvalue weighted by Crippen LogP contribution is -2.21. The Kier molecular flexibility index (Phi) is 1.96. The lowest BCUT2D eigenvalue weighted by atomic mass is 10.2. The van der Waals surface area contributed by atoms with Gasteiger partial charge in [-0.25, -0.2) is 0 Å². The van der Waals surface area contributed by atoms with Crippen LogP contribution in [0.15, 0.2) is 4.60 Å². The van der Waals surface area contributed by atoms with Gasteiger partial charge in [-0.2, -0.15) is 5.10 Å². The van der Waals surface area contributed by atoms with Gasteiger partial charge in [0, 0.05) is 30.4 Å². The second kappa shape index (κ2) is 3.07. The first-order valence-corrected chi connectivity index (χ1v) is 6.02. The minimum Gasteiger partial charge on any atom is -0.307 e. The predicted octanol–water partition coefficient (Wildman–Crippen LogP) is 1.92. The molecule has 1 aromatic rings. The Morgan fingerprint density at radius 2 is 2.21 bits per heavy atom. The molecule has 0 aliphatic heterocycles. The van der Waals surface area contributed by atoms with Gasteiger partial charge in [0.25, 0.3) is 0 Å². The molecular weight excluding hydrogens is 242 g/mol. The average molecular weight is 256 g/mol. The molecule has 0 spiro atoms. The van der Waals surface area contributed by atoms with E-state index in [0.717, 1.165) is 17.1 Å². The Morgan fingerprint density at radius 3 is 2.93 bits per heavy atom. The van der Waals surface area contributed by atoms with Crippen LogP contribution in [0.4, 0.5) is 0 Å². The Labute approximate surface area is 92.0 Å². The van der Waals surface area contributed by atoms with Crippen molar-refractivity contribution in [2.24, 2.45) is 7.05 Å². The van der Waals surface area contributed by atoms with Crippen LogP contribution < -0.4 is 5.32 Å².